The summed E-state index contributed by atoms with van der Waals surface area (Å²) in [6, 6.07) is 7.61. The van der Waals surface area contributed by atoms with E-state index in [2.05, 4.69) is 20.2 Å². The minimum atomic E-state index is -4.63. The van der Waals surface area contributed by atoms with E-state index in [1.54, 1.807) is 6.07 Å². The maximum Gasteiger partial charge on any atom is 0.417 e. The van der Waals surface area contributed by atoms with Crippen LogP contribution in [-0.4, -0.2) is 38.6 Å². The number of carbonyl (C=O) groups is 2. The zero-order valence-electron chi connectivity index (χ0n) is 16.9. The van der Waals surface area contributed by atoms with Crippen LogP contribution in [0.2, 0.25) is 5.15 Å². The lowest BCUT2D eigenvalue weighted by molar-refractivity contribution is -0.137. The predicted molar refractivity (Wildman–Crippen MR) is 115 cm³/mol. The fourth-order valence-electron chi connectivity index (χ4n) is 3.45. The Morgan fingerprint density at radius 1 is 1.06 bits per heavy atom. The molecule has 3 aromatic heterocycles. The molecule has 1 saturated heterocycles. The maximum atomic E-state index is 13.0. The highest BCUT2D eigenvalue weighted by atomic mass is 35.5. The van der Waals surface area contributed by atoms with Gasteiger partial charge in [0.15, 0.2) is 5.65 Å². The van der Waals surface area contributed by atoms with Gasteiger partial charge in [0, 0.05) is 18.5 Å². The Bertz CT molecular complexity index is 1420. The van der Waals surface area contributed by atoms with Gasteiger partial charge in [0.05, 0.1) is 23.1 Å². The van der Waals surface area contributed by atoms with E-state index in [1.165, 1.54) is 30.5 Å². The number of amides is 3. The second-order valence-electron chi connectivity index (χ2n) is 7.17. The molecule has 1 aliphatic heterocycles. The van der Waals surface area contributed by atoms with E-state index in [0.29, 0.717) is 28.7 Å². The number of fused-ring (bicyclic) bond motifs is 1. The molecule has 0 aliphatic carbocycles. The smallest absolute Gasteiger partial charge is 0.417 e. The van der Waals surface area contributed by atoms with Crippen molar-refractivity contribution in [3.05, 3.63) is 65.7 Å². The first-order valence-corrected chi connectivity index (χ1v) is 10.0. The fraction of sp³-hybridized carbons (Fsp3) is 0.0952. The molecule has 4 aromatic rings. The Balaban J connectivity index is 1.38. The highest BCUT2D eigenvalue weighted by Crippen LogP contribution is 2.35. The van der Waals surface area contributed by atoms with Crippen LogP contribution >= 0.6 is 11.6 Å². The van der Waals surface area contributed by atoms with Gasteiger partial charge in [-0.05, 0) is 30.3 Å². The third-order valence-electron chi connectivity index (χ3n) is 5.02. The molecular formula is C21H12ClF3N6O3. The number of aromatic nitrogens is 4. The lowest BCUT2D eigenvalue weighted by atomic mass is 10.2. The van der Waals surface area contributed by atoms with Crippen LogP contribution in [0.1, 0.15) is 5.56 Å². The SMILES string of the molecule is O=C1CN(c2cncc(C(F)(F)F)c2)C(=O)N1c1ccc(Oc2ccnc3n[nH]c(Cl)c23)cc1. The van der Waals surface area contributed by atoms with Gasteiger partial charge in [-0.2, -0.15) is 18.3 Å². The van der Waals surface area contributed by atoms with Gasteiger partial charge >= 0.3 is 12.2 Å². The van der Waals surface area contributed by atoms with Crippen LogP contribution < -0.4 is 14.5 Å². The van der Waals surface area contributed by atoms with Crippen LogP contribution in [0, 0.1) is 0 Å². The number of nitrogens with zero attached hydrogens (tertiary/aromatic N) is 5. The van der Waals surface area contributed by atoms with Crippen molar-refractivity contribution in [2.45, 2.75) is 6.18 Å². The number of H-pyrrole nitrogens is 1. The summed E-state index contributed by atoms with van der Waals surface area (Å²) in [5.74, 6) is 0.177. The number of hydrogen-bond donors (Lipinski definition) is 1. The Hall–Kier alpha value is -4.19. The van der Waals surface area contributed by atoms with Gasteiger partial charge in [-0.25, -0.2) is 14.7 Å². The monoisotopic (exact) mass is 488 g/mol. The highest BCUT2D eigenvalue weighted by molar-refractivity contribution is 6.34. The molecule has 13 heteroatoms. The molecule has 172 valence electrons. The molecule has 0 spiro atoms. The van der Waals surface area contributed by atoms with Crippen LogP contribution in [0.5, 0.6) is 11.5 Å². The number of aromatic amines is 1. The van der Waals surface area contributed by atoms with Crippen LogP contribution in [0.15, 0.2) is 55.0 Å². The average Bonchev–Trinajstić information content (AvgIpc) is 3.34. The van der Waals surface area contributed by atoms with Crippen molar-refractivity contribution in [1.29, 1.82) is 0 Å². The van der Waals surface area contributed by atoms with Gasteiger partial charge in [0.1, 0.15) is 28.6 Å². The van der Waals surface area contributed by atoms with Crippen molar-refractivity contribution in [2.24, 2.45) is 0 Å². The van der Waals surface area contributed by atoms with E-state index in [4.69, 9.17) is 16.3 Å². The van der Waals surface area contributed by atoms with Crippen LogP contribution in [0.3, 0.4) is 0 Å². The summed E-state index contributed by atoms with van der Waals surface area (Å²) in [7, 11) is 0. The van der Waals surface area contributed by atoms with Gasteiger partial charge in [0.25, 0.3) is 5.91 Å². The molecule has 5 rings (SSSR count). The largest absolute Gasteiger partial charge is 0.456 e. The number of nitrogens with one attached hydrogen (secondary N) is 1. The maximum absolute atomic E-state index is 13.0. The predicted octanol–water partition coefficient (Wildman–Crippen LogP) is 4.79. The average molecular weight is 489 g/mol. The summed E-state index contributed by atoms with van der Waals surface area (Å²) in [6.45, 7) is -0.423. The molecule has 1 fully saturated rings. The second kappa shape index (κ2) is 7.99. The number of carbonyl (C=O) groups excluding carboxylic acids is 2. The zero-order valence-corrected chi connectivity index (χ0v) is 17.6. The van der Waals surface area contributed by atoms with E-state index in [9.17, 15) is 22.8 Å². The van der Waals surface area contributed by atoms with Crippen LogP contribution in [0.4, 0.5) is 29.3 Å². The van der Waals surface area contributed by atoms with E-state index in [1.807, 2.05) is 0 Å². The molecule has 0 atom stereocenters. The first-order valence-electron chi connectivity index (χ1n) is 9.65. The molecule has 9 nitrogen and oxygen atoms in total. The Morgan fingerprint density at radius 3 is 2.56 bits per heavy atom. The highest BCUT2D eigenvalue weighted by Gasteiger charge is 2.39. The fourth-order valence-corrected chi connectivity index (χ4v) is 3.67. The van der Waals surface area contributed by atoms with Crippen molar-refractivity contribution in [3.8, 4) is 11.5 Å². The number of benzene rings is 1. The molecule has 1 aromatic carbocycles. The molecular weight excluding hydrogens is 477 g/mol. The van der Waals surface area contributed by atoms with E-state index >= 15 is 0 Å². The van der Waals surface area contributed by atoms with Crippen LogP contribution in [-0.2, 0) is 11.0 Å². The van der Waals surface area contributed by atoms with Crippen molar-refractivity contribution in [1.82, 2.24) is 20.2 Å². The number of hydrogen-bond acceptors (Lipinski definition) is 6. The van der Waals surface area contributed by atoms with Gasteiger partial charge in [-0.1, -0.05) is 11.6 Å². The van der Waals surface area contributed by atoms with E-state index in [0.717, 1.165) is 22.1 Å². The minimum absolute atomic E-state index is 0.130. The Kier molecular flexibility index (Phi) is 5.09. The molecule has 0 bridgehead atoms. The van der Waals surface area contributed by atoms with Crippen molar-refractivity contribution < 1.29 is 27.5 Å². The Labute approximate surface area is 193 Å². The molecule has 0 unspecified atom stereocenters. The van der Waals surface area contributed by atoms with Crippen molar-refractivity contribution in [2.75, 3.05) is 16.3 Å². The zero-order chi connectivity index (χ0) is 24.0. The second-order valence-corrected chi connectivity index (χ2v) is 7.55. The number of anilines is 2. The number of ether oxygens (including phenoxy) is 1. The summed E-state index contributed by atoms with van der Waals surface area (Å²) in [5, 5.41) is 7.31. The molecule has 34 heavy (non-hydrogen) atoms. The lowest BCUT2D eigenvalue weighted by Gasteiger charge is -2.18. The van der Waals surface area contributed by atoms with Gasteiger partial charge < -0.3 is 4.74 Å². The lowest BCUT2D eigenvalue weighted by Crippen LogP contribution is -2.33. The molecule has 1 N–H and O–H groups in total. The van der Waals surface area contributed by atoms with Gasteiger partial charge in [0.2, 0.25) is 0 Å². The first kappa shape index (κ1) is 21.6. The van der Waals surface area contributed by atoms with Crippen molar-refractivity contribution in [3.63, 3.8) is 0 Å². The summed E-state index contributed by atoms with van der Waals surface area (Å²) in [6.07, 6.45) is -1.39. The molecule has 0 radical (unpaired) electrons. The first-order chi connectivity index (χ1) is 16.2. The topological polar surface area (TPSA) is 104 Å². The van der Waals surface area contributed by atoms with Crippen LogP contribution in [0.25, 0.3) is 11.0 Å². The number of halogens is 4. The van der Waals surface area contributed by atoms with E-state index < -0.39 is 30.2 Å². The van der Waals surface area contributed by atoms with Gasteiger partial charge in [-0.15, -0.1) is 0 Å². The number of rotatable bonds is 4. The van der Waals surface area contributed by atoms with Gasteiger partial charge in [-0.3, -0.25) is 19.8 Å². The molecule has 1 aliphatic rings. The number of imide groups is 1. The summed E-state index contributed by atoms with van der Waals surface area (Å²) >= 11 is 6.10. The standard InChI is InChI=1S/C21H12ClF3N6O3/c22-18-17-15(5-6-27-19(17)29-28-18)34-14-3-1-12(2-4-14)31-16(32)10-30(20(31)33)13-7-11(8-26-9-13)21(23,24)25/h1-9H,10H2,(H,27,28,29). The summed E-state index contributed by atoms with van der Waals surface area (Å²) < 4.78 is 44.9. The number of pyridine rings is 2. The molecule has 3 amide bonds. The third kappa shape index (κ3) is 3.77. The summed E-state index contributed by atoms with van der Waals surface area (Å²) in [5.41, 5.74) is -0.551. The van der Waals surface area contributed by atoms with Crippen molar-refractivity contribution >= 4 is 45.9 Å². The Morgan fingerprint density at radius 2 is 1.82 bits per heavy atom. The number of urea groups is 1. The number of alkyl halides is 3. The van der Waals surface area contributed by atoms with E-state index in [-0.39, 0.29) is 16.5 Å². The molecule has 4 heterocycles. The minimum Gasteiger partial charge on any atom is -0.456 e. The quantitative estimate of drug-likeness (QED) is 0.414. The third-order valence-corrected chi connectivity index (χ3v) is 5.30. The normalized spacial score (nSPS) is 14.4. The summed E-state index contributed by atoms with van der Waals surface area (Å²) in [4.78, 5) is 34.8. The molecule has 0 saturated carbocycles.